The summed E-state index contributed by atoms with van der Waals surface area (Å²) in [7, 11) is 1.60. The topological polar surface area (TPSA) is 60.5 Å². The van der Waals surface area contributed by atoms with Crippen molar-refractivity contribution in [2.24, 2.45) is 0 Å². The van der Waals surface area contributed by atoms with Crippen LogP contribution < -0.4 is 14.8 Å². The first-order valence-corrected chi connectivity index (χ1v) is 8.22. The molecular formula is C17H20N2O3S. The summed E-state index contributed by atoms with van der Waals surface area (Å²) < 4.78 is 10.9. The standard InChI is InChI=1S/C17H20N2O3S/c1-4-9-22-14-7-5-13(10-15(14)21-3)6-8-16(20)19-17-18-12(2)11-23-17/h5-8,10-11H,4,9H2,1-3H3,(H,18,19,20). The Hall–Kier alpha value is -2.34. The summed E-state index contributed by atoms with van der Waals surface area (Å²) in [5, 5.41) is 5.21. The largest absolute Gasteiger partial charge is 0.493 e. The van der Waals surface area contributed by atoms with E-state index >= 15 is 0 Å². The van der Waals surface area contributed by atoms with E-state index in [-0.39, 0.29) is 5.91 Å². The van der Waals surface area contributed by atoms with Crippen molar-refractivity contribution >= 4 is 28.5 Å². The summed E-state index contributed by atoms with van der Waals surface area (Å²) in [5.41, 5.74) is 1.75. The van der Waals surface area contributed by atoms with E-state index < -0.39 is 0 Å². The second-order valence-corrected chi connectivity index (χ2v) is 5.73. The van der Waals surface area contributed by atoms with Crippen LogP contribution in [0.1, 0.15) is 24.6 Å². The number of carbonyl (C=O) groups excluding carboxylic acids is 1. The first kappa shape index (κ1) is 17.0. The van der Waals surface area contributed by atoms with Gasteiger partial charge in [-0.1, -0.05) is 13.0 Å². The number of carbonyl (C=O) groups is 1. The van der Waals surface area contributed by atoms with Crippen molar-refractivity contribution in [1.29, 1.82) is 0 Å². The van der Waals surface area contributed by atoms with Gasteiger partial charge in [-0.15, -0.1) is 11.3 Å². The number of nitrogens with one attached hydrogen (secondary N) is 1. The lowest BCUT2D eigenvalue weighted by atomic mass is 10.2. The van der Waals surface area contributed by atoms with Crippen LogP contribution in [-0.2, 0) is 4.79 Å². The van der Waals surface area contributed by atoms with Gasteiger partial charge in [-0.3, -0.25) is 10.1 Å². The van der Waals surface area contributed by atoms with Crippen LogP contribution in [0.3, 0.4) is 0 Å². The van der Waals surface area contributed by atoms with Crippen LogP contribution in [0.4, 0.5) is 5.13 Å². The Morgan fingerprint density at radius 3 is 2.87 bits per heavy atom. The van der Waals surface area contributed by atoms with E-state index in [2.05, 4.69) is 10.3 Å². The number of methoxy groups -OCH3 is 1. The number of anilines is 1. The van der Waals surface area contributed by atoms with Gasteiger partial charge in [0.05, 0.1) is 19.4 Å². The zero-order chi connectivity index (χ0) is 16.7. The molecule has 0 saturated carbocycles. The fraction of sp³-hybridized carbons (Fsp3) is 0.294. The molecule has 0 bridgehead atoms. The van der Waals surface area contributed by atoms with E-state index in [1.165, 1.54) is 17.4 Å². The molecule has 2 aromatic rings. The molecule has 5 nitrogen and oxygen atoms in total. The van der Waals surface area contributed by atoms with Gasteiger partial charge in [0.25, 0.3) is 0 Å². The summed E-state index contributed by atoms with van der Waals surface area (Å²) in [6.07, 6.45) is 4.13. The van der Waals surface area contributed by atoms with Gasteiger partial charge in [0, 0.05) is 11.5 Å². The quantitative estimate of drug-likeness (QED) is 0.781. The van der Waals surface area contributed by atoms with E-state index in [0.29, 0.717) is 23.2 Å². The maximum absolute atomic E-state index is 11.9. The Balaban J connectivity index is 2.02. The van der Waals surface area contributed by atoms with Gasteiger partial charge in [-0.25, -0.2) is 4.98 Å². The average Bonchev–Trinajstić information content (AvgIpc) is 2.96. The summed E-state index contributed by atoms with van der Waals surface area (Å²) in [5.74, 6) is 1.13. The van der Waals surface area contributed by atoms with Crippen molar-refractivity contribution < 1.29 is 14.3 Å². The Bertz CT molecular complexity index is 695. The van der Waals surface area contributed by atoms with Gasteiger partial charge >= 0.3 is 0 Å². The van der Waals surface area contributed by atoms with Crippen molar-refractivity contribution in [3.05, 3.63) is 40.9 Å². The molecule has 1 aromatic carbocycles. The van der Waals surface area contributed by atoms with Gasteiger partial charge in [-0.05, 0) is 37.1 Å². The number of nitrogens with zero attached hydrogens (tertiary/aromatic N) is 1. The molecule has 0 aliphatic rings. The maximum atomic E-state index is 11.9. The van der Waals surface area contributed by atoms with Crippen molar-refractivity contribution in [3.63, 3.8) is 0 Å². The number of rotatable bonds is 7. The highest BCUT2D eigenvalue weighted by atomic mass is 32.1. The molecule has 6 heteroatoms. The van der Waals surface area contributed by atoms with E-state index in [1.54, 1.807) is 13.2 Å². The van der Waals surface area contributed by atoms with E-state index in [9.17, 15) is 4.79 Å². The second-order valence-electron chi connectivity index (χ2n) is 4.88. The molecule has 1 N–H and O–H groups in total. The van der Waals surface area contributed by atoms with Crippen molar-refractivity contribution in [2.75, 3.05) is 19.0 Å². The first-order valence-electron chi connectivity index (χ1n) is 7.34. The van der Waals surface area contributed by atoms with Crippen LogP contribution >= 0.6 is 11.3 Å². The summed E-state index contributed by atoms with van der Waals surface area (Å²) in [6, 6.07) is 5.56. The molecule has 0 atom stereocenters. The second kappa shape index (κ2) is 8.33. The molecule has 0 aliphatic heterocycles. The van der Waals surface area contributed by atoms with Gasteiger partial charge in [-0.2, -0.15) is 0 Å². The van der Waals surface area contributed by atoms with Crippen LogP contribution in [0.5, 0.6) is 11.5 Å². The molecule has 0 fully saturated rings. The number of thiazole rings is 1. The number of hydrogen-bond donors (Lipinski definition) is 1. The van der Waals surface area contributed by atoms with Crippen molar-refractivity contribution in [1.82, 2.24) is 4.98 Å². The van der Waals surface area contributed by atoms with E-state index in [0.717, 1.165) is 17.7 Å². The number of hydrogen-bond acceptors (Lipinski definition) is 5. The van der Waals surface area contributed by atoms with Crippen LogP contribution in [0.15, 0.2) is 29.7 Å². The van der Waals surface area contributed by atoms with Gasteiger partial charge in [0.1, 0.15) is 0 Å². The van der Waals surface area contributed by atoms with E-state index in [4.69, 9.17) is 9.47 Å². The highest BCUT2D eigenvalue weighted by molar-refractivity contribution is 7.13. The maximum Gasteiger partial charge on any atom is 0.250 e. The van der Waals surface area contributed by atoms with Crippen LogP contribution in [-0.4, -0.2) is 24.6 Å². The highest BCUT2D eigenvalue weighted by Gasteiger charge is 2.05. The number of aromatic nitrogens is 1. The molecule has 122 valence electrons. The lowest BCUT2D eigenvalue weighted by molar-refractivity contribution is -0.111. The monoisotopic (exact) mass is 332 g/mol. The number of aryl methyl sites for hydroxylation is 1. The Kier molecular flexibility index (Phi) is 6.17. The van der Waals surface area contributed by atoms with Gasteiger partial charge in [0.15, 0.2) is 16.6 Å². The predicted octanol–water partition coefficient (Wildman–Crippen LogP) is 3.90. The number of amides is 1. The first-order chi connectivity index (χ1) is 11.1. The summed E-state index contributed by atoms with van der Waals surface area (Å²) in [4.78, 5) is 16.1. The normalized spacial score (nSPS) is 10.7. The van der Waals surface area contributed by atoms with Gasteiger partial charge < -0.3 is 9.47 Å². The zero-order valence-electron chi connectivity index (χ0n) is 13.5. The van der Waals surface area contributed by atoms with Crippen molar-refractivity contribution in [2.45, 2.75) is 20.3 Å². The fourth-order valence-electron chi connectivity index (χ4n) is 1.85. The van der Waals surface area contributed by atoms with Crippen molar-refractivity contribution in [3.8, 4) is 11.5 Å². The highest BCUT2D eigenvalue weighted by Crippen LogP contribution is 2.28. The molecule has 0 saturated heterocycles. The van der Waals surface area contributed by atoms with Crippen LogP contribution in [0.25, 0.3) is 6.08 Å². The molecule has 1 heterocycles. The zero-order valence-corrected chi connectivity index (χ0v) is 14.3. The Morgan fingerprint density at radius 2 is 2.22 bits per heavy atom. The van der Waals surface area contributed by atoms with E-state index in [1.807, 2.05) is 37.4 Å². The molecule has 0 aliphatic carbocycles. The molecular weight excluding hydrogens is 312 g/mol. The molecule has 2 rings (SSSR count). The number of benzene rings is 1. The third-order valence-electron chi connectivity index (χ3n) is 2.93. The lowest BCUT2D eigenvalue weighted by Crippen LogP contribution is -2.07. The molecule has 0 radical (unpaired) electrons. The Morgan fingerprint density at radius 1 is 1.39 bits per heavy atom. The third-order valence-corrected chi connectivity index (χ3v) is 3.80. The van der Waals surface area contributed by atoms with Crippen LogP contribution in [0.2, 0.25) is 0 Å². The number of ether oxygens (including phenoxy) is 2. The molecule has 0 unspecified atom stereocenters. The minimum atomic E-state index is -0.218. The minimum Gasteiger partial charge on any atom is -0.493 e. The third kappa shape index (κ3) is 5.10. The average molecular weight is 332 g/mol. The lowest BCUT2D eigenvalue weighted by Gasteiger charge is -2.10. The fourth-order valence-corrected chi connectivity index (χ4v) is 2.54. The molecule has 0 spiro atoms. The Labute approximate surface area is 140 Å². The van der Waals surface area contributed by atoms with Gasteiger partial charge in [0.2, 0.25) is 5.91 Å². The minimum absolute atomic E-state index is 0.218. The predicted molar refractivity (Wildman–Crippen MR) is 93.3 cm³/mol. The molecule has 1 aromatic heterocycles. The smallest absolute Gasteiger partial charge is 0.250 e. The SMILES string of the molecule is CCCOc1ccc(C=CC(=O)Nc2nc(C)cs2)cc1OC. The summed E-state index contributed by atoms with van der Waals surface area (Å²) in [6.45, 7) is 4.57. The molecule has 1 amide bonds. The molecule has 23 heavy (non-hydrogen) atoms. The summed E-state index contributed by atoms with van der Waals surface area (Å²) >= 11 is 1.40. The van der Waals surface area contributed by atoms with Crippen LogP contribution in [0, 0.1) is 6.92 Å².